The molecular weight excluding hydrogens is 497 g/mol. The number of hydrogen-bond donors (Lipinski definition) is 1. The number of nitrogens with one attached hydrogen (secondary N) is 1. The second kappa shape index (κ2) is 11.0. The number of rotatable bonds is 7. The molecule has 1 aliphatic rings. The second-order valence-electron chi connectivity index (χ2n) is 8.93. The van der Waals surface area contributed by atoms with Gasteiger partial charge in [0.1, 0.15) is 5.75 Å². The molecule has 2 aromatic carbocycles. The fourth-order valence-corrected chi connectivity index (χ4v) is 4.46. The second-order valence-corrected chi connectivity index (χ2v) is 8.93. The first-order valence-corrected chi connectivity index (χ1v) is 12.1. The summed E-state index contributed by atoms with van der Waals surface area (Å²) in [5.74, 6) is 0.241. The minimum Gasteiger partial charge on any atom is -0.406 e. The number of fused-ring (bicyclic) bond motifs is 1. The number of anilines is 2. The Kier molecular flexibility index (Phi) is 7.36. The van der Waals surface area contributed by atoms with Crippen LogP contribution in [0.5, 0.6) is 5.75 Å². The number of alkyl halides is 3. The van der Waals surface area contributed by atoms with Gasteiger partial charge in [-0.25, -0.2) is 0 Å². The van der Waals surface area contributed by atoms with E-state index in [1.807, 2.05) is 29.2 Å². The monoisotopic (exact) mass is 522 g/mol. The van der Waals surface area contributed by atoms with Gasteiger partial charge in [-0.2, -0.15) is 5.10 Å². The van der Waals surface area contributed by atoms with Crippen LogP contribution in [0.25, 0.3) is 10.8 Å². The van der Waals surface area contributed by atoms with E-state index in [0.717, 1.165) is 40.0 Å². The van der Waals surface area contributed by atoms with Gasteiger partial charge in [-0.3, -0.25) is 14.7 Å². The Morgan fingerprint density at radius 3 is 2.26 bits per heavy atom. The van der Waals surface area contributed by atoms with Crippen LogP contribution < -0.4 is 15.0 Å². The van der Waals surface area contributed by atoms with E-state index in [-0.39, 0.29) is 18.2 Å². The maximum Gasteiger partial charge on any atom is 0.573 e. The molecule has 0 saturated carbocycles. The Labute approximate surface area is 217 Å². The van der Waals surface area contributed by atoms with E-state index in [2.05, 4.69) is 42.3 Å². The lowest BCUT2D eigenvalue weighted by Crippen LogP contribution is -2.49. The number of amides is 1. The molecule has 0 radical (unpaired) electrons. The van der Waals surface area contributed by atoms with Gasteiger partial charge in [0.15, 0.2) is 5.82 Å². The van der Waals surface area contributed by atoms with Gasteiger partial charge in [0.2, 0.25) is 5.91 Å². The number of carbonyl (C=O) groups excluding carboxylic acids is 1. The van der Waals surface area contributed by atoms with Crippen LogP contribution in [0.4, 0.5) is 24.7 Å². The first-order chi connectivity index (χ1) is 18.3. The largest absolute Gasteiger partial charge is 0.573 e. The first kappa shape index (κ1) is 25.4. The Morgan fingerprint density at radius 1 is 0.895 bits per heavy atom. The average molecular weight is 523 g/mol. The number of aromatic nitrogens is 3. The van der Waals surface area contributed by atoms with Crippen molar-refractivity contribution in [2.24, 2.45) is 0 Å². The van der Waals surface area contributed by atoms with Gasteiger partial charge in [0.25, 0.3) is 0 Å². The van der Waals surface area contributed by atoms with E-state index in [0.29, 0.717) is 38.3 Å². The Morgan fingerprint density at radius 2 is 1.58 bits per heavy atom. The van der Waals surface area contributed by atoms with Crippen molar-refractivity contribution in [3.05, 3.63) is 84.3 Å². The summed E-state index contributed by atoms with van der Waals surface area (Å²) in [5, 5.41) is 13.9. The molecule has 1 fully saturated rings. The van der Waals surface area contributed by atoms with Crippen molar-refractivity contribution in [3.8, 4) is 5.75 Å². The predicted molar refractivity (Wildman–Crippen MR) is 137 cm³/mol. The van der Waals surface area contributed by atoms with Gasteiger partial charge in [-0.1, -0.05) is 24.3 Å². The van der Waals surface area contributed by atoms with Crippen molar-refractivity contribution in [2.45, 2.75) is 12.8 Å². The normalized spacial score (nSPS) is 14.4. The molecule has 3 heterocycles. The smallest absolute Gasteiger partial charge is 0.406 e. The van der Waals surface area contributed by atoms with Crippen molar-refractivity contribution in [3.63, 3.8) is 0 Å². The van der Waals surface area contributed by atoms with Crippen LogP contribution in [0.2, 0.25) is 0 Å². The van der Waals surface area contributed by atoms with E-state index in [9.17, 15) is 18.0 Å². The Hall–Kier alpha value is -4.25. The molecule has 0 atom stereocenters. The number of carbonyl (C=O) groups is 1. The lowest BCUT2D eigenvalue weighted by molar-refractivity contribution is -0.274. The summed E-state index contributed by atoms with van der Waals surface area (Å²) in [6, 6.07) is 17.1. The predicted octanol–water partition coefficient (Wildman–Crippen LogP) is 4.27. The number of benzene rings is 2. The highest BCUT2D eigenvalue weighted by Crippen LogP contribution is 2.28. The van der Waals surface area contributed by atoms with Crippen molar-refractivity contribution < 1.29 is 22.7 Å². The molecule has 0 aliphatic carbocycles. The van der Waals surface area contributed by atoms with Crippen LogP contribution >= 0.6 is 0 Å². The van der Waals surface area contributed by atoms with Crippen LogP contribution in [-0.2, 0) is 11.2 Å². The molecule has 1 saturated heterocycles. The molecule has 8 nitrogen and oxygen atoms in total. The summed E-state index contributed by atoms with van der Waals surface area (Å²) in [5.41, 5.74) is 2.42. The topological polar surface area (TPSA) is 83.5 Å². The third kappa shape index (κ3) is 6.35. The van der Waals surface area contributed by atoms with Crippen LogP contribution in [0.1, 0.15) is 11.3 Å². The summed E-state index contributed by atoms with van der Waals surface area (Å²) in [4.78, 5) is 20.8. The summed E-state index contributed by atoms with van der Waals surface area (Å²) in [7, 11) is 0. The zero-order valence-electron chi connectivity index (χ0n) is 20.4. The number of piperazine rings is 1. The van der Waals surface area contributed by atoms with E-state index in [1.54, 1.807) is 12.4 Å². The summed E-state index contributed by atoms with van der Waals surface area (Å²) >= 11 is 0. The summed E-state index contributed by atoms with van der Waals surface area (Å²) in [6.07, 6.45) is -0.561. The lowest BCUT2D eigenvalue weighted by Gasteiger charge is -2.35. The van der Waals surface area contributed by atoms with E-state index >= 15 is 0 Å². The van der Waals surface area contributed by atoms with Crippen molar-refractivity contribution in [2.75, 3.05) is 42.9 Å². The maximum absolute atomic E-state index is 12.5. The quantitative estimate of drug-likeness (QED) is 0.388. The third-order valence-electron chi connectivity index (χ3n) is 6.28. The highest BCUT2D eigenvalue weighted by molar-refractivity contribution is 5.94. The van der Waals surface area contributed by atoms with Gasteiger partial charge >= 0.3 is 6.36 Å². The minimum absolute atomic E-state index is 0.173. The molecule has 2 aromatic heterocycles. The Bertz CT molecular complexity index is 1390. The van der Waals surface area contributed by atoms with Crippen LogP contribution in [0, 0.1) is 0 Å². The van der Waals surface area contributed by atoms with Crippen molar-refractivity contribution >= 4 is 28.2 Å². The molecule has 0 unspecified atom stereocenters. The van der Waals surface area contributed by atoms with Crippen LogP contribution in [0.3, 0.4) is 0 Å². The van der Waals surface area contributed by atoms with Gasteiger partial charge in [-0.15, -0.1) is 18.3 Å². The molecular formula is C27H25F3N6O2. The first-order valence-electron chi connectivity index (χ1n) is 12.1. The molecule has 38 heavy (non-hydrogen) atoms. The molecule has 1 amide bonds. The standard InChI is InChI=1S/C27H25F3N6O2/c28-27(29,30)38-21-7-5-20(6-8-21)32-25(37)18-35-13-15-36(16-14-35)26-23-4-2-1-3-22(23)24(33-34-26)17-19-9-11-31-12-10-19/h1-12H,13-18H2,(H,32,37). The number of hydrogen-bond acceptors (Lipinski definition) is 7. The molecule has 0 spiro atoms. The Balaban J connectivity index is 1.18. The molecule has 5 rings (SSSR count). The molecule has 1 aliphatic heterocycles. The highest BCUT2D eigenvalue weighted by atomic mass is 19.4. The number of nitrogens with zero attached hydrogens (tertiary/aromatic N) is 5. The summed E-state index contributed by atoms with van der Waals surface area (Å²) in [6.45, 7) is 2.84. The molecule has 1 N–H and O–H groups in total. The molecule has 196 valence electrons. The van der Waals surface area contributed by atoms with E-state index in [1.165, 1.54) is 12.1 Å². The molecule has 4 aromatic rings. The van der Waals surface area contributed by atoms with Gasteiger partial charge in [0.05, 0.1) is 12.2 Å². The number of ether oxygens (including phenoxy) is 1. The fourth-order valence-electron chi connectivity index (χ4n) is 4.46. The highest BCUT2D eigenvalue weighted by Gasteiger charge is 2.31. The zero-order valence-corrected chi connectivity index (χ0v) is 20.4. The fraction of sp³-hybridized carbons (Fsp3) is 0.259. The number of pyridine rings is 1. The minimum atomic E-state index is -4.76. The van der Waals surface area contributed by atoms with Crippen LogP contribution in [0.15, 0.2) is 73.1 Å². The van der Waals surface area contributed by atoms with Crippen molar-refractivity contribution in [1.29, 1.82) is 0 Å². The summed E-state index contributed by atoms with van der Waals surface area (Å²) < 4.78 is 40.8. The molecule has 11 heteroatoms. The van der Waals surface area contributed by atoms with Gasteiger partial charge < -0.3 is 15.0 Å². The lowest BCUT2D eigenvalue weighted by atomic mass is 10.0. The number of halogens is 3. The average Bonchev–Trinajstić information content (AvgIpc) is 2.90. The zero-order chi connectivity index (χ0) is 26.5. The van der Waals surface area contributed by atoms with Gasteiger partial charge in [-0.05, 0) is 42.0 Å². The van der Waals surface area contributed by atoms with Crippen molar-refractivity contribution in [1.82, 2.24) is 20.1 Å². The van der Waals surface area contributed by atoms with Crippen LogP contribution in [-0.4, -0.2) is 65.1 Å². The third-order valence-corrected chi connectivity index (χ3v) is 6.28. The SMILES string of the molecule is O=C(CN1CCN(c2nnc(Cc3ccncc3)c3ccccc23)CC1)Nc1ccc(OC(F)(F)F)cc1. The maximum atomic E-state index is 12.5. The van der Waals surface area contributed by atoms with E-state index in [4.69, 9.17) is 0 Å². The van der Waals surface area contributed by atoms with E-state index < -0.39 is 6.36 Å². The molecule has 0 bridgehead atoms. The van der Waals surface area contributed by atoms with Gasteiger partial charge in [0, 0.05) is 61.5 Å².